The van der Waals surface area contributed by atoms with Crippen molar-refractivity contribution in [2.24, 2.45) is 0 Å². The van der Waals surface area contributed by atoms with Gasteiger partial charge >= 0.3 is 0 Å². The van der Waals surface area contributed by atoms with Crippen molar-refractivity contribution in [1.29, 1.82) is 0 Å². The number of rotatable bonds is 6. The fraction of sp³-hybridized carbons (Fsp3) is 0.333. The van der Waals surface area contributed by atoms with Crippen molar-refractivity contribution in [2.45, 2.75) is 34.6 Å². The molecule has 2 heteroatoms. The number of aryl methyl sites for hydroxylation is 1. The van der Waals surface area contributed by atoms with Crippen LogP contribution in [-0.2, 0) is 0 Å². The van der Waals surface area contributed by atoms with Crippen LogP contribution in [0.5, 0.6) is 5.75 Å². The van der Waals surface area contributed by atoms with E-state index in [1.165, 1.54) is 27.8 Å². The van der Waals surface area contributed by atoms with E-state index in [-0.39, 0.29) is 6.61 Å². The fourth-order valence-corrected chi connectivity index (χ4v) is 2.37. The lowest BCUT2D eigenvalue weighted by atomic mass is 9.96. The highest BCUT2D eigenvalue weighted by molar-refractivity contribution is 5.64. The number of aliphatic hydroxyl groups excluding tert-OH is 1. The smallest absolute Gasteiger partial charge is 0.122 e. The molecule has 0 aliphatic rings. The Kier molecular flexibility index (Phi) is 7.56. The first-order valence-electron chi connectivity index (χ1n) is 7.86. The maximum atomic E-state index is 8.82. The van der Waals surface area contributed by atoms with Gasteiger partial charge in [0.15, 0.2) is 0 Å². The zero-order chi connectivity index (χ0) is 17.4. The first kappa shape index (κ1) is 19.0. The van der Waals surface area contributed by atoms with Gasteiger partial charge in [0.05, 0.1) is 13.7 Å². The summed E-state index contributed by atoms with van der Waals surface area (Å²) in [5.41, 5.74) is 7.12. The van der Waals surface area contributed by atoms with Gasteiger partial charge in [-0.25, -0.2) is 0 Å². The van der Waals surface area contributed by atoms with Gasteiger partial charge in [-0.2, -0.15) is 0 Å². The largest absolute Gasteiger partial charge is 0.496 e. The second-order valence-corrected chi connectivity index (χ2v) is 5.79. The van der Waals surface area contributed by atoms with Gasteiger partial charge in [0, 0.05) is 0 Å². The molecular formula is C21H28O2. The Bertz CT molecular complexity index is 659. The van der Waals surface area contributed by atoms with Crippen molar-refractivity contribution in [1.82, 2.24) is 0 Å². The quantitative estimate of drug-likeness (QED) is 0.743. The molecule has 1 N–H and O–H groups in total. The molecule has 0 unspecified atom stereocenters. The SMILES string of the molecule is COc1cc(C)c(C=CC(C)=CC=CC(C)=CCO)c(C)c1C. The van der Waals surface area contributed by atoms with Crippen molar-refractivity contribution < 1.29 is 9.84 Å². The standard InChI is InChI=1S/C21H28O2/c1-15(8-7-9-16(2)12-13-22)10-11-20-17(3)14-21(23-6)19(5)18(20)4/h7-12,14,22H,13H2,1-6H3. The van der Waals surface area contributed by atoms with Crippen LogP contribution in [0.2, 0.25) is 0 Å². The first-order chi connectivity index (χ1) is 10.9. The van der Waals surface area contributed by atoms with Gasteiger partial charge in [-0.3, -0.25) is 0 Å². The maximum Gasteiger partial charge on any atom is 0.122 e. The molecule has 0 saturated heterocycles. The Balaban J connectivity index is 2.97. The Labute approximate surface area is 140 Å². The minimum Gasteiger partial charge on any atom is -0.496 e. The summed E-state index contributed by atoms with van der Waals surface area (Å²) in [7, 11) is 1.71. The van der Waals surface area contributed by atoms with E-state index in [1.807, 2.05) is 19.1 Å². The highest BCUT2D eigenvalue weighted by Gasteiger charge is 2.08. The van der Waals surface area contributed by atoms with Crippen molar-refractivity contribution in [2.75, 3.05) is 13.7 Å². The van der Waals surface area contributed by atoms with E-state index in [9.17, 15) is 0 Å². The van der Waals surface area contributed by atoms with Gasteiger partial charge in [0.2, 0.25) is 0 Å². The fourth-order valence-electron chi connectivity index (χ4n) is 2.37. The molecule has 1 rings (SSSR count). The van der Waals surface area contributed by atoms with E-state index in [0.717, 1.165) is 11.3 Å². The Morgan fingerprint density at radius 2 is 1.78 bits per heavy atom. The molecule has 0 spiro atoms. The molecule has 0 atom stereocenters. The third kappa shape index (κ3) is 5.57. The number of benzene rings is 1. The second-order valence-electron chi connectivity index (χ2n) is 5.79. The molecule has 0 amide bonds. The second kappa shape index (κ2) is 9.16. The molecule has 0 aliphatic carbocycles. The summed E-state index contributed by atoms with van der Waals surface area (Å²) in [6.45, 7) is 10.5. The predicted molar refractivity (Wildman–Crippen MR) is 100.0 cm³/mol. The predicted octanol–water partition coefficient (Wildman–Crippen LogP) is 5.07. The van der Waals surface area contributed by atoms with E-state index in [2.05, 4.69) is 52.0 Å². The number of methoxy groups -OCH3 is 1. The van der Waals surface area contributed by atoms with Crippen molar-refractivity contribution in [3.63, 3.8) is 0 Å². The minimum atomic E-state index is 0.0775. The van der Waals surface area contributed by atoms with Gasteiger partial charge in [0.25, 0.3) is 0 Å². The summed E-state index contributed by atoms with van der Waals surface area (Å²) >= 11 is 0. The molecule has 0 aromatic heterocycles. The van der Waals surface area contributed by atoms with Crippen LogP contribution < -0.4 is 4.74 Å². The third-order valence-corrected chi connectivity index (χ3v) is 3.97. The van der Waals surface area contributed by atoms with Crippen LogP contribution in [0.1, 0.15) is 36.1 Å². The van der Waals surface area contributed by atoms with E-state index in [0.29, 0.717) is 0 Å². The Morgan fingerprint density at radius 1 is 1.09 bits per heavy atom. The van der Waals surface area contributed by atoms with E-state index in [1.54, 1.807) is 13.2 Å². The summed E-state index contributed by atoms with van der Waals surface area (Å²) in [5.74, 6) is 0.943. The Hall–Kier alpha value is -2.06. The number of hydrogen-bond donors (Lipinski definition) is 1. The van der Waals surface area contributed by atoms with Crippen LogP contribution in [0.15, 0.2) is 47.6 Å². The average Bonchev–Trinajstić information content (AvgIpc) is 2.51. The van der Waals surface area contributed by atoms with Crippen LogP contribution in [0.3, 0.4) is 0 Å². The highest BCUT2D eigenvalue weighted by atomic mass is 16.5. The molecule has 0 radical (unpaired) electrons. The van der Waals surface area contributed by atoms with Crippen LogP contribution in [-0.4, -0.2) is 18.8 Å². The molecule has 1 aromatic rings. The molecule has 1 aromatic carbocycles. The monoisotopic (exact) mass is 312 g/mol. The average molecular weight is 312 g/mol. The van der Waals surface area contributed by atoms with E-state index in [4.69, 9.17) is 9.84 Å². The lowest BCUT2D eigenvalue weighted by molar-refractivity contribution is 0.342. The molecule has 2 nitrogen and oxygen atoms in total. The number of aliphatic hydroxyl groups is 1. The van der Waals surface area contributed by atoms with E-state index >= 15 is 0 Å². The highest BCUT2D eigenvalue weighted by Crippen LogP contribution is 2.28. The van der Waals surface area contributed by atoms with Crippen molar-refractivity contribution >= 4 is 6.08 Å². The summed E-state index contributed by atoms with van der Waals surface area (Å²) < 4.78 is 5.41. The van der Waals surface area contributed by atoms with Crippen LogP contribution >= 0.6 is 0 Å². The summed E-state index contributed by atoms with van der Waals surface area (Å²) in [4.78, 5) is 0. The van der Waals surface area contributed by atoms with E-state index < -0.39 is 0 Å². The summed E-state index contributed by atoms with van der Waals surface area (Å²) in [6, 6.07) is 2.09. The van der Waals surface area contributed by atoms with Crippen molar-refractivity contribution in [3.8, 4) is 5.75 Å². The molecule has 0 saturated carbocycles. The molecular weight excluding hydrogens is 284 g/mol. The first-order valence-corrected chi connectivity index (χ1v) is 7.86. The number of allylic oxidation sites excluding steroid dienone is 6. The van der Waals surface area contributed by atoms with Gasteiger partial charge < -0.3 is 9.84 Å². The molecule has 0 aliphatic heterocycles. The Morgan fingerprint density at radius 3 is 2.39 bits per heavy atom. The zero-order valence-electron chi connectivity index (χ0n) is 15.1. The van der Waals surface area contributed by atoms with Crippen LogP contribution in [0.4, 0.5) is 0 Å². The normalized spacial score (nSPS) is 13.3. The minimum absolute atomic E-state index is 0.0775. The molecule has 23 heavy (non-hydrogen) atoms. The third-order valence-electron chi connectivity index (χ3n) is 3.97. The maximum absolute atomic E-state index is 8.82. The molecule has 0 fully saturated rings. The van der Waals surface area contributed by atoms with Crippen LogP contribution in [0.25, 0.3) is 6.08 Å². The van der Waals surface area contributed by atoms with Gasteiger partial charge in [-0.05, 0) is 62.9 Å². The lowest BCUT2D eigenvalue weighted by Crippen LogP contribution is -1.95. The van der Waals surface area contributed by atoms with Gasteiger partial charge in [0.1, 0.15) is 5.75 Å². The van der Waals surface area contributed by atoms with Gasteiger partial charge in [-0.1, -0.05) is 47.6 Å². The molecule has 0 heterocycles. The topological polar surface area (TPSA) is 29.5 Å². The molecule has 0 bridgehead atoms. The number of hydrogen-bond acceptors (Lipinski definition) is 2. The zero-order valence-corrected chi connectivity index (χ0v) is 15.1. The lowest BCUT2D eigenvalue weighted by Gasteiger charge is -2.13. The molecule has 124 valence electrons. The summed E-state index contributed by atoms with van der Waals surface area (Å²) in [6.07, 6.45) is 12.1. The van der Waals surface area contributed by atoms with Crippen LogP contribution in [0, 0.1) is 20.8 Å². The number of ether oxygens (including phenoxy) is 1. The summed E-state index contributed by atoms with van der Waals surface area (Å²) in [5, 5.41) is 8.82. The van der Waals surface area contributed by atoms with Crippen molar-refractivity contribution in [3.05, 3.63) is 69.8 Å². The van der Waals surface area contributed by atoms with Gasteiger partial charge in [-0.15, -0.1) is 0 Å².